The molecule has 2 rings (SSSR count). The van der Waals surface area contributed by atoms with E-state index in [-0.39, 0.29) is 28.0 Å². The second kappa shape index (κ2) is 11.4. The van der Waals surface area contributed by atoms with Crippen molar-refractivity contribution in [3.8, 4) is 11.5 Å². The number of hydrogen-bond acceptors (Lipinski definition) is 7. The highest BCUT2D eigenvalue weighted by atomic mass is 127. The molecule has 12 heteroatoms. The topological polar surface area (TPSA) is 119 Å². The minimum Gasteiger partial charge on any atom is -0.493 e. The van der Waals surface area contributed by atoms with Crippen molar-refractivity contribution in [1.82, 2.24) is 4.90 Å². The number of nitrogens with zero attached hydrogens (tertiary/aromatic N) is 1. The van der Waals surface area contributed by atoms with E-state index in [1.54, 1.807) is 0 Å². The smallest absolute Gasteiger partial charge is 0.323 e. The Labute approximate surface area is 228 Å². The Morgan fingerprint density at radius 1 is 1.22 bits per heavy atom. The summed E-state index contributed by atoms with van der Waals surface area (Å²) in [6.07, 6.45) is -0.234. The third-order valence-electron chi connectivity index (χ3n) is 6.85. The number of carbonyl (C=O) groups is 2. The molecule has 0 aromatic heterocycles. The first kappa shape index (κ1) is 30.6. The molecule has 1 fully saturated rings. The van der Waals surface area contributed by atoms with Gasteiger partial charge in [0.15, 0.2) is 19.8 Å². The van der Waals surface area contributed by atoms with Crippen molar-refractivity contribution < 1.29 is 37.0 Å². The van der Waals surface area contributed by atoms with Crippen molar-refractivity contribution in [3.05, 3.63) is 27.2 Å². The Kier molecular flexibility index (Phi) is 9.68. The van der Waals surface area contributed by atoms with Gasteiger partial charge in [0.05, 0.1) is 37.2 Å². The molecule has 1 N–H and O–H groups in total. The number of benzene rings is 1. The molecule has 1 aliphatic heterocycles. The van der Waals surface area contributed by atoms with Gasteiger partial charge in [0, 0.05) is 21.5 Å². The van der Waals surface area contributed by atoms with E-state index in [1.165, 1.54) is 37.3 Å². The van der Waals surface area contributed by atoms with Gasteiger partial charge in [-0.25, -0.2) is 8.42 Å². The molecule has 1 aromatic carbocycles. The third-order valence-corrected chi connectivity index (χ3v) is 14.1. The normalized spacial score (nSPS) is 20.1. The number of halogens is 1. The molecule has 1 heterocycles. The number of carboxylic acid groups (broad SMARTS) is 1. The molecule has 1 aromatic rings. The van der Waals surface area contributed by atoms with Crippen LogP contribution in [0.2, 0.25) is 18.1 Å². The number of sulfone groups is 1. The van der Waals surface area contributed by atoms with Gasteiger partial charge in [0.2, 0.25) is 15.7 Å². The minimum absolute atomic E-state index is 0.0348. The van der Waals surface area contributed by atoms with Gasteiger partial charge < -0.3 is 23.9 Å². The van der Waals surface area contributed by atoms with Crippen LogP contribution in [0.15, 0.2) is 32.1 Å². The molecule has 0 radical (unpaired) electrons. The lowest BCUT2D eigenvalue weighted by Gasteiger charge is -2.51. The molecular formula is C24H36INO8SSi. The lowest BCUT2D eigenvalue weighted by Crippen LogP contribution is -2.66. The van der Waals surface area contributed by atoms with Gasteiger partial charge in [-0.3, -0.25) is 9.59 Å². The zero-order valence-corrected chi connectivity index (χ0v) is 26.0. The number of likely N-dealkylation sites (tertiary alicyclic amines) is 1. The fourth-order valence-corrected chi connectivity index (χ4v) is 7.90. The molecule has 0 saturated carbocycles. The molecule has 0 spiro atoms. The molecule has 9 nitrogen and oxygen atoms in total. The second-order valence-electron chi connectivity index (χ2n) is 10.4. The van der Waals surface area contributed by atoms with E-state index in [0.29, 0.717) is 9.33 Å². The fraction of sp³-hybridized carbons (Fsp3) is 0.583. The van der Waals surface area contributed by atoms with Gasteiger partial charge in [0.25, 0.3) is 0 Å². The molecule has 3 atom stereocenters. The molecular weight excluding hydrogens is 617 g/mol. The monoisotopic (exact) mass is 653 g/mol. The van der Waals surface area contributed by atoms with Crippen molar-refractivity contribution in [2.24, 2.45) is 5.92 Å². The molecule has 1 saturated heterocycles. The molecule has 0 aliphatic carbocycles. The lowest BCUT2D eigenvalue weighted by molar-refractivity contribution is -0.168. The highest BCUT2D eigenvalue weighted by Crippen LogP contribution is 2.42. The number of aliphatic carboxylic acids is 1. The molecule has 202 valence electrons. The summed E-state index contributed by atoms with van der Waals surface area (Å²) in [7, 11) is -3.14. The van der Waals surface area contributed by atoms with Crippen LogP contribution < -0.4 is 9.47 Å². The quantitative estimate of drug-likeness (QED) is 0.211. The van der Waals surface area contributed by atoms with E-state index in [9.17, 15) is 23.1 Å². The first-order valence-corrected chi connectivity index (χ1v) is 17.0. The standard InChI is InChI=1S/C24H36INO8SSi/c1-15(34-36(7,8)24(2,3)4)22-18(26(23(22)29)13-21(27)28)11-16(25)14-35(30,31)17-9-10-19(32-5)20(12-17)33-6/h9-10,12,14-15,18,22H,11,13H2,1-8H3,(H,27,28)/b16-14+/t15-,18-,22+/m1/s1. The maximum Gasteiger partial charge on any atom is 0.323 e. The van der Waals surface area contributed by atoms with Crippen LogP contribution in [0.25, 0.3) is 0 Å². The number of amides is 1. The van der Waals surface area contributed by atoms with Crippen LogP contribution >= 0.6 is 22.6 Å². The van der Waals surface area contributed by atoms with Crippen molar-refractivity contribution in [1.29, 1.82) is 0 Å². The molecule has 36 heavy (non-hydrogen) atoms. The first-order chi connectivity index (χ1) is 16.4. The summed E-state index contributed by atoms with van der Waals surface area (Å²) >= 11 is 1.93. The van der Waals surface area contributed by atoms with Crippen LogP contribution in [0.5, 0.6) is 11.5 Å². The number of rotatable bonds is 11. The van der Waals surface area contributed by atoms with Gasteiger partial charge in [0.1, 0.15) is 6.54 Å². The minimum atomic E-state index is -3.84. The molecule has 1 amide bonds. The van der Waals surface area contributed by atoms with Gasteiger partial charge in [-0.2, -0.15) is 0 Å². The van der Waals surface area contributed by atoms with Gasteiger partial charge in [-0.1, -0.05) is 20.8 Å². The average molecular weight is 654 g/mol. The van der Waals surface area contributed by atoms with E-state index in [2.05, 4.69) is 33.9 Å². The zero-order valence-electron chi connectivity index (χ0n) is 22.0. The van der Waals surface area contributed by atoms with Gasteiger partial charge in [-0.05, 0) is 59.8 Å². The summed E-state index contributed by atoms with van der Waals surface area (Å²) in [5.41, 5.74) is 0. The summed E-state index contributed by atoms with van der Waals surface area (Å²) in [5.74, 6) is -1.27. The molecule has 0 unspecified atom stereocenters. The third kappa shape index (κ3) is 6.81. The van der Waals surface area contributed by atoms with E-state index < -0.39 is 48.7 Å². The predicted molar refractivity (Wildman–Crippen MR) is 148 cm³/mol. The lowest BCUT2D eigenvalue weighted by atomic mass is 9.81. The summed E-state index contributed by atoms with van der Waals surface area (Å²) < 4.78 is 43.4. The first-order valence-electron chi connectivity index (χ1n) is 11.5. The van der Waals surface area contributed by atoms with E-state index in [1.807, 2.05) is 29.5 Å². The number of hydrogen-bond donors (Lipinski definition) is 1. The Balaban J connectivity index is 2.32. The molecule has 1 aliphatic rings. The zero-order chi connectivity index (χ0) is 27.6. The maximum atomic E-state index is 13.1. The number of carboxylic acids is 1. The van der Waals surface area contributed by atoms with Crippen molar-refractivity contribution in [3.63, 3.8) is 0 Å². The van der Waals surface area contributed by atoms with Crippen molar-refractivity contribution in [2.75, 3.05) is 20.8 Å². The van der Waals surface area contributed by atoms with Crippen LogP contribution in [0.4, 0.5) is 0 Å². The van der Waals surface area contributed by atoms with Crippen molar-refractivity contribution >= 4 is 52.6 Å². The van der Waals surface area contributed by atoms with E-state index in [4.69, 9.17) is 13.9 Å². The highest BCUT2D eigenvalue weighted by molar-refractivity contribution is 14.1. The van der Waals surface area contributed by atoms with Crippen LogP contribution in [0, 0.1) is 5.92 Å². The molecule has 0 bridgehead atoms. The number of methoxy groups -OCH3 is 2. The Bertz CT molecular complexity index is 1130. The number of ether oxygens (including phenoxy) is 2. The SMILES string of the molecule is COc1ccc(S(=O)(=O)/C=C(/I)C[C@@H]2[C@H]([C@@H](C)O[Si](C)(C)C(C)(C)C)C(=O)N2CC(=O)O)cc1OC. The number of carbonyl (C=O) groups excluding carboxylic acids is 1. The maximum absolute atomic E-state index is 13.1. The van der Waals surface area contributed by atoms with Crippen LogP contribution in [-0.4, -0.2) is 71.5 Å². The highest BCUT2D eigenvalue weighted by Gasteiger charge is 2.52. The summed E-state index contributed by atoms with van der Waals surface area (Å²) in [4.78, 5) is 25.6. The van der Waals surface area contributed by atoms with Crippen molar-refractivity contribution in [2.45, 2.75) is 69.3 Å². The van der Waals surface area contributed by atoms with Gasteiger partial charge >= 0.3 is 5.97 Å². The Morgan fingerprint density at radius 3 is 2.31 bits per heavy atom. The fourth-order valence-electron chi connectivity index (χ4n) is 3.92. The van der Waals surface area contributed by atoms with E-state index in [0.717, 1.165) is 5.41 Å². The summed E-state index contributed by atoms with van der Waals surface area (Å²) in [6.45, 7) is 11.9. The second-order valence-corrected chi connectivity index (χ2v) is 18.3. The Hall–Kier alpha value is -1.64. The van der Waals surface area contributed by atoms with E-state index >= 15 is 0 Å². The Morgan fingerprint density at radius 2 is 1.81 bits per heavy atom. The number of β-lactam (4-membered cyclic amide) rings is 1. The van der Waals surface area contributed by atoms with Crippen LogP contribution in [-0.2, 0) is 23.9 Å². The predicted octanol–water partition coefficient (Wildman–Crippen LogP) is 4.47. The largest absolute Gasteiger partial charge is 0.493 e. The van der Waals surface area contributed by atoms with Gasteiger partial charge in [-0.15, -0.1) is 0 Å². The van der Waals surface area contributed by atoms with Crippen LogP contribution in [0.1, 0.15) is 34.1 Å². The van der Waals surface area contributed by atoms with Crippen LogP contribution in [0.3, 0.4) is 0 Å². The average Bonchev–Trinajstić information content (AvgIpc) is 2.75. The summed E-state index contributed by atoms with van der Waals surface area (Å²) in [5, 5.41) is 10.4. The summed E-state index contributed by atoms with van der Waals surface area (Å²) in [6, 6.07) is 3.84.